The largest absolute Gasteiger partial charge is 0.504 e. The van der Waals surface area contributed by atoms with Crippen LogP contribution in [0.15, 0.2) is 17.9 Å². The van der Waals surface area contributed by atoms with Gasteiger partial charge in [0.1, 0.15) is 30.0 Å². The first kappa shape index (κ1) is 26.1. The summed E-state index contributed by atoms with van der Waals surface area (Å²) in [6.07, 6.45) is -6.77. The average molecular weight is 524 g/mol. The number of ketones is 1. The van der Waals surface area contributed by atoms with Gasteiger partial charge in [0.2, 0.25) is 35.1 Å². The van der Waals surface area contributed by atoms with E-state index in [1.807, 2.05) is 0 Å². The number of carbonyl (C=O) groups excluding carboxylic acids is 1. The molecule has 0 unspecified atom stereocenters. The third kappa shape index (κ3) is 4.30. The fourth-order valence-corrected chi connectivity index (χ4v) is 3.93. The lowest BCUT2D eigenvalue weighted by molar-refractivity contribution is -0.277. The number of Topliss-reactive ketones (excluding diaryl/α,β-unsaturated/α-hetero) is 1. The lowest BCUT2D eigenvalue weighted by Crippen LogP contribution is -2.60. The maximum atomic E-state index is 12.8. The summed E-state index contributed by atoms with van der Waals surface area (Å²) in [6, 6.07) is 2.43. The number of aliphatic hydroxyl groups excluding tert-OH is 4. The minimum atomic E-state index is -1.75. The number of allylic oxidation sites excluding steroid dienone is 1. The maximum absolute atomic E-state index is 12.8. The molecule has 0 spiro atoms. The monoisotopic (exact) mass is 524 g/mol. The molecule has 2 aliphatic heterocycles. The second-order valence-corrected chi connectivity index (χ2v) is 8.11. The number of methoxy groups -OCH3 is 2. The Balaban J connectivity index is 1.66. The molecule has 2 aromatic rings. The second kappa shape index (κ2) is 9.84. The van der Waals surface area contributed by atoms with Crippen LogP contribution in [-0.2, 0) is 4.74 Å². The van der Waals surface area contributed by atoms with E-state index in [1.54, 1.807) is 0 Å². The van der Waals surface area contributed by atoms with Crippen molar-refractivity contribution < 1.29 is 69.3 Å². The van der Waals surface area contributed by atoms with Crippen LogP contribution in [-0.4, -0.2) is 98.2 Å². The molecule has 14 heteroatoms. The predicted molar refractivity (Wildman–Crippen MR) is 120 cm³/mol. The molecule has 0 bridgehead atoms. The van der Waals surface area contributed by atoms with Crippen molar-refractivity contribution in [3.63, 3.8) is 0 Å². The molecule has 0 aliphatic carbocycles. The Morgan fingerprint density at radius 3 is 2.24 bits per heavy atom. The van der Waals surface area contributed by atoms with Crippen molar-refractivity contribution in [2.75, 3.05) is 20.8 Å². The predicted octanol–water partition coefficient (Wildman–Crippen LogP) is -0.679. The number of fused-ring (bicyclic) bond motifs is 1. The van der Waals surface area contributed by atoms with Crippen LogP contribution in [0.25, 0.3) is 6.08 Å². The number of hydrogen-bond acceptors (Lipinski definition) is 14. The van der Waals surface area contributed by atoms with Crippen molar-refractivity contribution in [1.82, 2.24) is 0 Å². The summed E-state index contributed by atoms with van der Waals surface area (Å²) in [6.45, 7) is -0.688. The SMILES string of the molecule is COc1cc(/C=C2/Oc3c(OC)c(O)c(O)c(O)c3C2=O)cc(O)c1O[C@@H]1O[C@H](CO)[C@@H](O)[C@H](O)[C@H]1O. The molecule has 4 rings (SSSR count). The molecular weight excluding hydrogens is 500 g/mol. The van der Waals surface area contributed by atoms with E-state index in [0.29, 0.717) is 0 Å². The number of benzene rings is 2. The van der Waals surface area contributed by atoms with Crippen LogP contribution < -0.4 is 18.9 Å². The van der Waals surface area contributed by atoms with Crippen LogP contribution in [0.4, 0.5) is 0 Å². The minimum Gasteiger partial charge on any atom is -0.504 e. The zero-order valence-corrected chi connectivity index (χ0v) is 19.4. The highest BCUT2D eigenvalue weighted by molar-refractivity contribution is 6.17. The van der Waals surface area contributed by atoms with E-state index < -0.39 is 71.7 Å². The molecule has 14 nitrogen and oxygen atoms in total. The number of ether oxygens (including phenoxy) is 5. The number of aromatic hydroxyl groups is 4. The van der Waals surface area contributed by atoms with Gasteiger partial charge in [-0.05, 0) is 23.8 Å². The van der Waals surface area contributed by atoms with E-state index in [9.17, 15) is 45.6 Å². The first-order valence-electron chi connectivity index (χ1n) is 10.7. The fraction of sp³-hybridized carbons (Fsp3) is 0.348. The van der Waals surface area contributed by atoms with E-state index in [4.69, 9.17) is 23.7 Å². The highest BCUT2D eigenvalue weighted by atomic mass is 16.7. The molecule has 200 valence electrons. The van der Waals surface area contributed by atoms with Gasteiger partial charge in [-0.15, -0.1) is 0 Å². The van der Waals surface area contributed by atoms with Gasteiger partial charge in [0.15, 0.2) is 28.8 Å². The van der Waals surface area contributed by atoms with Crippen LogP contribution in [0.2, 0.25) is 0 Å². The number of phenolic OH excluding ortho intramolecular Hbond substituents is 4. The Kier molecular flexibility index (Phi) is 6.94. The normalized spacial score (nSPS) is 26.1. The second-order valence-electron chi connectivity index (χ2n) is 8.11. The van der Waals surface area contributed by atoms with Crippen molar-refractivity contribution in [1.29, 1.82) is 0 Å². The number of carbonyl (C=O) groups is 1. The fourth-order valence-electron chi connectivity index (χ4n) is 3.93. The summed E-state index contributed by atoms with van der Waals surface area (Å²) < 4.78 is 26.4. The van der Waals surface area contributed by atoms with Crippen LogP contribution in [0.1, 0.15) is 15.9 Å². The van der Waals surface area contributed by atoms with Crippen molar-refractivity contribution in [2.24, 2.45) is 0 Å². The first-order valence-corrected chi connectivity index (χ1v) is 10.7. The van der Waals surface area contributed by atoms with Crippen LogP contribution in [0, 0.1) is 0 Å². The number of phenols is 4. The summed E-state index contributed by atoms with van der Waals surface area (Å²) in [5, 5.41) is 80.0. The lowest BCUT2D eigenvalue weighted by Gasteiger charge is -2.39. The Hall–Kier alpha value is -3.95. The molecule has 2 heterocycles. The van der Waals surface area contributed by atoms with Crippen LogP contribution in [0.5, 0.6) is 46.0 Å². The van der Waals surface area contributed by atoms with Gasteiger partial charge >= 0.3 is 0 Å². The molecule has 8 N–H and O–H groups in total. The Morgan fingerprint density at radius 1 is 0.919 bits per heavy atom. The van der Waals surface area contributed by atoms with Crippen molar-refractivity contribution in [3.05, 3.63) is 29.0 Å². The van der Waals surface area contributed by atoms with E-state index in [1.165, 1.54) is 13.2 Å². The molecule has 0 radical (unpaired) electrons. The van der Waals surface area contributed by atoms with E-state index in [0.717, 1.165) is 19.3 Å². The van der Waals surface area contributed by atoms with Crippen LogP contribution >= 0.6 is 0 Å². The van der Waals surface area contributed by atoms with Gasteiger partial charge in [-0.25, -0.2) is 0 Å². The van der Waals surface area contributed by atoms with E-state index in [-0.39, 0.29) is 34.3 Å². The molecule has 37 heavy (non-hydrogen) atoms. The standard InChI is InChI=1S/C23H24O14/c1-33-10-5-7(3-8(25)20(10)37-23-19(32)16(29)14(27)11(6-24)36-23)4-9-13(26)12-15(28)17(30)18(31)22(34-2)21(12)35-9/h3-5,11,14,16,19,23-25,27-32H,6H2,1-2H3/b9-4+/t11-,14-,16+,19-,23+/m1/s1. The molecular formula is C23H24O14. The van der Waals surface area contributed by atoms with E-state index >= 15 is 0 Å². The van der Waals surface area contributed by atoms with Gasteiger partial charge in [-0.1, -0.05) is 0 Å². The van der Waals surface area contributed by atoms with Gasteiger partial charge in [0.05, 0.1) is 20.8 Å². The Bertz CT molecular complexity index is 1250. The third-order valence-corrected chi connectivity index (χ3v) is 5.86. The van der Waals surface area contributed by atoms with Crippen molar-refractivity contribution in [3.8, 4) is 46.0 Å². The number of aliphatic hydroxyl groups is 4. The molecule has 1 fully saturated rings. The van der Waals surface area contributed by atoms with Crippen molar-refractivity contribution in [2.45, 2.75) is 30.7 Å². The smallest absolute Gasteiger partial charge is 0.236 e. The summed E-state index contributed by atoms with van der Waals surface area (Å²) in [7, 11) is 2.38. The molecule has 2 aromatic carbocycles. The Labute approximate surface area is 208 Å². The zero-order valence-electron chi connectivity index (χ0n) is 19.4. The molecule has 0 aromatic heterocycles. The molecule has 0 amide bonds. The van der Waals surface area contributed by atoms with Crippen molar-refractivity contribution >= 4 is 11.9 Å². The highest BCUT2D eigenvalue weighted by Crippen LogP contribution is 2.55. The summed E-state index contributed by atoms with van der Waals surface area (Å²) >= 11 is 0. The number of hydrogen-bond donors (Lipinski definition) is 8. The summed E-state index contributed by atoms with van der Waals surface area (Å²) in [4.78, 5) is 12.8. The first-order chi connectivity index (χ1) is 17.5. The van der Waals surface area contributed by atoms with Crippen LogP contribution in [0.3, 0.4) is 0 Å². The quantitative estimate of drug-likeness (QED) is 0.173. The van der Waals surface area contributed by atoms with Gasteiger partial charge in [-0.2, -0.15) is 0 Å². The van der Waals surface area contributed by atoms with Gasteiger partial charge in [-0.3, -0.25) is 4.79 Å². The lowest BCUT2D eigenvalue weighted by atomic mass is 9.99. The molecule has 1 saturated heterocycles. The van der Waals surface area contributed by atoms with E-state index in [2.05, 4.69) is 0 Å². The molecule has 0 saturated carbocycles. The topological polar surface area (TPSA) is 225 Å². The third-order valence-electron chi connectivity index (χ3n) is 5.86. The average Bonchev–Trinajstić information content (AvgIpc) is 3.19. The van der Waals surface area contributed by atoms with Gasteiger partial charge in [0, 0.05) is 0 Å². The molecule has 2 aliphatic rings. The zero-order chi connectivity index (χ0) is 27.2. The van der Waals surface area contributed by atoms with Gasteiger partial charge < -0.3 is 64.5 Å². The maximum Gasteiger partial charge on any atom is 0.236 e. The Morgan fingerprint density at radius 2 is 1.62 bits per heavy atom. The highest BCUT2D eigenvalue weighted by Gasteiger charge is 2.45. The molecule has 5 atom stereocenters. The number of rotatable bonds is 6. The minimum absolute atomic E-state index is 0.109. The van der Waals surface area contributed by atoms with Gasteiger partial charge in [0.25, 0.3) is 0 Å². The summed E-state index contributed by atoms with van der Waals surface area (Å²) in [5.41, 5.74) is -0.310. The summed E-state index contributed by atoms with van der Waals surface area (Å²) in [5.74, 6) is -5.64.